The van der Waals surface area contributed by atoms with E-state index in [1.807, 2.05) is 47.9 Å². The average molecular weight is 479 g/mol. The van der Waals surface area contributed by atoms with E-state index in [0.717, 1.165) is 22.2 Å². The number of hydrogen-bond acceptors (Lipinski definition) is 7. The summed E-state index contributed by atoms with van der Waals surface area (Å²) in [6.07, 6.45) is -0.645. The van der Waals surface area contributed by atoms with Gasteiger partial charge in [-0.15, -0.1) is 0 Å². The molecule has 0 saturated heterocycles. The number of nitrogens with zero attached hydrogens (tertiary/aromatic N) is 3. The molecule has 2 N–H and O–H groups in total. The predicted octanol–water partition coefficient (Wildman–Crippen LogP) is 4.65. The number of ether oxygens (including phenoxy) is 3. The molecular formula is C26H30N4O5. The van der Waals surface area contributed by atoms with Gasteiger partial charge in [0.2, 0.25) is 0 Å². The van der Waals surface area contributed by atoms with Crippen molar-refractivity contribution in [1.29, 1.82) is 0 Å². The molecule has 4 aromatic rings. The first-order chi connectivity index (χ1) is 16.8. The lowest BCUT2D eigenvalue weighted by atomic mass is 10.1. The van der Waals surface area contributed by atoms with Crippen LogP contribution in [0.2, 0.25) is 0 Å². The highest BCUT2D eigenvalue weighted by Crippen LogP contribution is 2.31. The molecule has 0 aliphatic rings. The number of hydrogen-bond donors (Lipinski definition) is 2. The van der Waals surface area contributed by atoms with Crippen LogP contribution < -0.4 is 10.1 Å². The maximum Gasteiger partial charge on any atom is 0.413 e. The highest BCUT2D eigenvalue weighted by Gasteiger charge is 2.24. The minimum atomic E-state index is -0.996. The number of nitrogens with one attached hydrogen (secondary N) is 1. The van der Waals surface area contributed by atoms with Crippen molar-refractivity contribution >= 4 is 33.8 Å². The molecular weight excluding hydrogens is 448 g/mol. The maximum atomic E-state index is 12.7. The van der Waals surface area contributed by atoms with Gasteiger partial charge in [-0.25, -0.2) is 14.8 Å². The molecule has 2 aromatic heterocycles. The number of pyridine rings is 1. The van der Waals surface area contributed by atoms with Crippen LogP contribution >= 0.6 is 0 Å². The SMILES string of the molecule is CCOCc1nc2c(NC(=O)OCc3ccc(OC)cc3)nc3ccccc3c2n1CC(C)(C)O. The van der Waals surface area contributed by atoms with E-state index in [1.165, 1.54) is 0 Å². The molecule has 184 valence electrons. The molecule has 0 atom stereocenters. The molecule has 0 fully saturated rings. The molecule has 0 aliphatic heterocycles. The number of methoxy groups -OCH3 is 1. The van der Waals surface area contributed by atoms with Crippen LogP contribution in [-0.4, -0.2) is 45.1 Å². The van der Waals surface area contributed by atoms with Gasteiger partial charge >= 0.3 is 6.09 Å². The van der Waals surface area contributed by atoms with E-state index in [9.17, 15) is 9.90 Å². The summed E-state index contributed by atoms with van der Waals surface area (Å²) in [4.78, 5) is 22.1. The number of imidazole rings is 1. The van der Waals surface area contributed by atoms with Gasteiger partial charge < -0.3 is 23.9 Å². The number of aliphatic hydroxyl groups is 1. The number of rotatable bonds is 9. The van der Waals surface area contributed by atoms with Crippen molar-refractivity contribution < 1.29 is 24.1 Å². The van der Waals surface area contributed by atoms with E-state index in [1.54, 1.807) is 33.1 Å². The molecule has 0 saturated carbocycles. The standard InChI is InChI=1S/C26H30N4O5/c1-5-34-15-21-28-22-23(30(21)16-26(2,3)32)19-8-6-7-9-20(19)27-24(22)29-25(31)35-14-17-10-12-18(33-4)13-11-17/h6-13,32H,5,14-16H2,1-4H3,(H,27,29,31). The summed E-state index contributed by atoms with van der Waals surface area (Å²) in [7, 11) is 1.60. The summed E-state index contributed by atoms with van der Waals surface area (Å²) in [5.74, 6) is 1.65. The lowest BCUT2D eigenvalue weighted by Crippen LogP contribution is -2.27. The number of carbonyl (C=O) groups is 1. The zero-order valence-corrected chi connectivity index (χ0v) is 20.4. The summed E-state index contributed by atoms with van der Waals surface area (Å²) in [6, 6.07) is 14.9. The van der Waals surface area contributed by atoms with Gasteiger partial charge in [-0.2, -0.15) is 0 Å². The highest BCUT2D eigenvalue weighted by molar-refractivity contribution is 6.09. The minimum Gasteiger partial charge on any atom is -0.497 e. The minimum absolute atomic E-state index is 0.0925. The Morgan fingerprint density at radius 2 is 1.83 bits per heavy atom. The van der Waals surface area contributed by atoms with E-state index in [4.69, 9.17) is 19.2 Å². The fraction of sp³-hybridized carbons (Fsp3) is 0.346. The third kappa shape index (κ3) is 5.70. The van der Waals surface area contributed by atoms with E-state index in [0.29, 0.717) is 30.0 Å². The van der Waals surface area contributed by atoms with Crippen molar-refractivity contribution in [1.82, 2.24) is 14.5 Å². The topological polar surface area (TPSA) is 108 Å². The van der Waals surface area contributed by atoms with E-state index < -0.39 is 11.7 Å². The quantitative estimate of drug-likeness (QED) is 0.361. The average Bonchev–Trinajstić information content (AvgIpc) is 3.19. The van der Waals surface area contributed by atoms with Crippen molar-refractivity contribution in [3.05, 3.63) is 59.9 Å². The molecule has 0 unspecified atom stereocenters. The van der Waals surface area contributed by atoms with Crippen molar-refractivity contribution in [2.75, 3.05) is 19.0 Å². The lowest BCUT2D eigenvalue weighted by molar-refractivity contribution is 0.0582. The number of aromatic nitrogens is 3. The van der Waals surface area contributed by atoms with E-state index in [-0.39, 0.29) is 19.0 Å². The van der Waals surface area contributed by atoms with Crippen molar-refractivity contribution in [3.8, 4) is 5.75 Å². The van der Waals surface area contributed by atoms with E-state index >= 15 is 0 Å². The molecule has 9 nitrogen and oxygen atoms in total. The molecule has 35 heavy (non-hydrogen) atoms. The van der Waals surface area contributed by atoms with Gasteiger partial charge in [0.1, 0.15) is 30.3 Å². The van der Waals surface area contributed by atoms with Crippen LogP contribution in [-0.2, 0) is 29.2 Å². The molecule has 0 aliphatic carbocycles. The Hall–Kier alpha value is -3.69. The van der Waals surface area contributed by atoms with Crippen molar-refractivity contribution in [2.45, 2.75) is 46.1 Å². The molecule has 2 aromatic carbocycles. The number of para-hydroxylation sites is 1. The first-order valence-electron chi connectivity index (χ1n) is 11.4. The van der Waals surface area contributed by atoms with Crippen LogP contribution in [0, 0.1) is 0 Å². The first-order valence-corrected chi connectivity index (χ1v) is 11.4. The largest absolute Gasteiger partial charge is 0.497 e. The summed E-state index contributed by atoms with van der Waals surface area (Å²) in [6.45, 7) is 6.55. The molecule has 4 rings (SSSR count). The number of carbonyl (C=O) groups excluding carboxylic acids is 1. The third-order valence-electron chi connectivity index (χ3n) is 5.39. The Kier molecular flexibility index (Phi) is 7.18. The van der Waals surface area contributed by atoms with Crippen LogP contribution in [0.3, 0.4) is 0 Å². The summed E-state index contributed by atoms with van der Waals surface area (Å²) in [5, 5.41) is 14.2. The fourth-order valence-electron chi connectivity index (χ4n) is 3.83. The summed E-state index contributed by atoms with van der Waals surface area (Å²) in [5.41, 5.74) is 1.78. The normalized spacial score (nSPS) is 11.7. The van der Waals surface area contributed by atoms with Crippen LogP contribution in [0.25, 0.3) is 21.9 Å². The molecule has 2 heterocycles. The van der Waals surface area contributed by atoms with Gasteiger partial charge in [0.15, 0.2) is 5.82 Å². The fourth-order valence-corrected chi connectivity index (χ4v) is 3.83. The molecule has 0 spiro atoms. The maximum absolute atomic E-state index is 12.7. The Morgan fingerprint density at radius 3 is 2.51 bits per heavy atom. The Labute approximate surface area is 203 Å². The second-order valence-electron chi connectivity index (χ2n) is 8.79. The second kappa shape index (κ2) is 10.3. The van der Waals surface area contributed by atoms with Gasteiger partial charge in [0.25, 0.3) is 0 Å². The Morgan fingerprint density at radius 1 is 1.09 bits per heavy atom. The number of fused-ring (bicyclic) bond motifs is 3. The second-order valence-corrected chi connectivity index (χ2v) is 8.79. The molecule has 9 heteroatoms. The van der Waals surface area contributed by atoms with Gasteiger partial charge in [-0.05, 0) is 44.5 Å². The monoisotopic (exact) mass is 478 g/mol. The smallest absolute Gasteiger partial charge is 0.413 e. The van der Waals surface area contributed by atoms with Crippen molar-refractivity contribution in [3.63, 3.8) is 0 Å². The van der Waals surface area contributed by atoms with Gasteiger partial charge in [0, 0.05) is 12.0 Å². The zero-order valence-electron chi connectivity index (χ0n) is 20.4. The van der Waals surface area contributed by atoms with Crippen LogP contribution in [0.5, 0.6) is 5.75 Å². The van der Waals surface area contributed by atoms with Crippen LogP contribution in [0.1, 0.15) is 32.2 Å². The van der Waals surface area contributed by atoms with Crippen LogP contribution in [0.15, 0.2) is 48.5 Å². The molecule has 0 radical (unpaired) electrons. The number of amides is 1. The molecule has 0 bridgehead atoms. The van der Waals surface area contributed by atoms with Gasteiger partial charge in [0.05, 0.1) is 30.3 Å². The number of anilines is 1. The van der Waals surface area contributed by atoms with Crippen LogP contribution in [0.4, 0.5) is 10.6 Å². The van der Waals surface area contributed by atoms with Gasteiger partial charge in [-0.1, -0.05) is 30.3 Å². The van der Waals surface area contributed by atoms with E-state index in [2.05, 4.69) is 10.3 Å². The van der Waals surface area contributed by atoms with Gasteiger partial charge in [-0.3, -0.25) is 5.32 Å². The summed E-state index contributed by atoms with van der Waals surface area (Å²) < 4.78 is 18.1. The predicted molar refractivity (Wildman–Crippen MR) is 133 cm³/mol. The third-order valence-corrected chi connectivity index (χ3v) is 5.39. The summed E-state index contributed by atoms with van der Waals surface area (Å²) >= 11 is 0. The zero-order chi connectivity index (χ0) is 25.0. The first kappa shape index (κ1) is 24.4. The Balaban J connectivity index is 1.70. The highest BCUT2D eigenvalue weighted by atomic mass is 16.5. The Bertz CT molecular complexity index is 1330. The van der Waals surface area contributed by atoms with Crippen molar-refractivity contribution in [2.24, 2.45) is 0 Å². The number of benzene rings is 2. The molecule has 1 amide bonds. The lowest BCUT2D eigenvalue weighted by Gasteiger charge is -2.20.